The molecule has 3 nitrogen and oxygen atoms in total. The number of likely N-dealkylation sites (N-methyl/N-ethyl adjacent to an activating group) is 1. The molecule has 2 heterocycles. The van der Waals surface area contributed by atoms with Gasteiger partial charge in [0.15, 0.2) is 0 Å². The Balaban J connectivity index is 1.79. The zero-order valence-corrected chi connectivity index (χ0v) is 10.1. The van der Waals surface area contributed by atoms with Gasteiger partial charge in [0, 0.05) is 38.3 Å². The minimum Gasteiger partial charge on any atom is -0.380 e. The highest BCUT2D eigenvalue weighted by atomic mass is 16.5. The van der Waals surface area contributed by atoms with Gasteiger partial charge in [0.05, 0.1) is 6.61 Å². The maximum atomic E-state index is 5.43. The quantitative estimate of drug-likeness (QED) is 0.651. The molecule has 0 saturated carbocycles. The number of fused-ring (bicyclic) bond motifs is 2. The summed E-state index contributed by atoms with van der Waals surface area (Å²) in [4.78, 5) is 5.19. The lowest BCUT2D eigenvalue weighted by Gasteiger charge is -2.48. The molecule has 15 heavy (non-hydrogen) atoms. The van der Waals surface area contributed by atoms with Crippen molar-refractivity contribution in [3.05, 3.63) is 0 Å². The Hall–Kier alpha value is -0.120. The molecule has 2 atom stereocenters. The van der Waals surface area contributed by atoms with Gasteiger partial charge in [-0.2, -0.15) is 0 Å². The van der Waals surface area contributed by atoms with Crippen molar-refractivity contribution in [1.29, 1.82) is 0 Å². The largest absolute Gasteiger partial charge is 0.380 e. The molecule has 0 aromatic rings. The Labute approximate surface area is 93.4 Å². The highest BCUT2D eigenvalue weighted by Crippen LogP contribution is 2.26. The second kappa shape index (κ2) is 5.28. The number of ether oxygens (including phenoxy) is 1. The molecule has 2 bridgehead atoms. The molecule has 0 aromatic carbocycles. The maximum absolute atomic E-state index is 5.43. The van der Waals surface area contributed by atoms with Crippen molar-refractivity contribution >= 4 is 0 Å². The lowest BCUT2D eigenvalue weighted by molar-refractivity contribution is -0.00205. The summed E-state index contributed by atoms with van der Waals surface area (Å²) in [7, 11) is 2.30. The Morgan fingerprint density at radius 3 is 2.47 bits per heavy atom. The summed E-state index contributed by atoms with van der Waals surface area (Å²) < 4.78 is 5.43. The molecular weight excluding hydrogens is 188 g/mol. The fourth-order valence-corrected chi connectivity index (χ4v) is 2.93. The van der Waals surface area contributed by atoms with E-state index < -0.39 is 0 Å². The van der Waals surface area contributed by atoms with Gasteiger partial charge in [-0.15, -0.1) is 0 Å². The second-order valence-electron chi connectivity index (χ2n) is 4.86. The minimum absolute atomic E-state index is 0.805. The van der Waals surface area contributed by atoms with E-state index in [1.165, 1.54) is 32.4 Å². The molecule has 0 aromatic heterocycles. The summed E-state index contributed by atoms with van der Waals surface area (Å²) in [5.41, 5.74) is 0. The van der Waals surface area contributed by atoms with Gasteiger partial charge >= 0.3 is 0 Å². The standard InChI is InChI=1S/C12H24N2O/c1-3-15-8-7-14-9-11-5-4-6-12(10-14)13(11)2/h11-12H,3-10H2,1-2H3. The first-order valence-corrected chi connectivity index (χ1v) is 6.33. The molecule has 2 saturated heterocycles. The topological polar surface area (TPSA) is 15.7 Å². The monoisotopic (exact) mass is 212 g/mol. The summed E-state index contributed by atoms with van der Waals surface area (Å²) >= 11 is 0. The molecule has 2 aliphatic heterocycles. The molecule has 2 fully saturated rings. The van der Waals surface area contributed by atoms with Crippen molar-refractivity contribution in [3.8, 4) is 0 Å². The van der Waals surface area contributed by atoms with Crippen molar-refractivity contribution in [2.45, 2.75) is 38.3 Å². The van der Waals surface area contributed by atoms with E-state index in [-0.39, 0.29) is 0 Å². The molecule has 2 aliphatic rings. The van der Waals surface area contributed by atoms with Crippen molar-refractivity contribution in [3.63, 3.8) is 0 Å². The van der Waals surface area contributed by atoms with E-state index in [2.05, 4.69) is 23.8 Å². The van der Waals surface area contributed by atoms with E-state index in [9.17, 15) is 0 Å². The van der Waals surface area contributed by atoms with Crippen LogP contribution in [0.2, 0.25) is 0 Å². The van der Waals surface area contributed by atoms with E-state index in [4.69, 9.17) is 4.74 Å². The number of hydrogen-bond acceptors (Lipinski definition) is 3. The average Bonchev–Trinajstić information content (AvgIpc) is 2.19. The van der Waals surface area contributed by atoms with Crippen LogP contribution in [0.4, 0.5) is 0 Å². The van der Waals surface area contributed by atoms with Crippen molar-refractivity contribution in [2.24, 2.45) is 0 Å². The predicted octanol–water partition coefficient (Wildman–Crippen LogP) is 1.19. The fourth-order valence-electron chi connectivity index (χ4n) is 2.93. The van der Waals surface area contributed by atoms with Crippen molar-refractivity contribution in [1.82, 2.24) is 9.80 Å². The summed E-state index contributed by atoms with van der Waals surface area (Å²) in [6.07, 6.45) is 4.20. The van der Waals surface area contributed by atoms with Crippen LogP contribution in [0.5, 0.6) is 0 Å². The summed E-state index contributed by atoms with van der Waals surface area (Å²) in [6, 6.07) is 1.61. The number of nitrogens with zero attached hydrogens (tertiary/aromatic N) is 2. The third-order valence-corrected chi connectivity index (χ3v) is 3.92. The molecule has 0 radical (unpaired) electrons. The minimum atomic E-state index is 0.805. The first-order chi connectivity index (χ1) is 7.31. The Morgan fingerprint density at radius 1 is 1.20 bits per heavy atom. The zero-order chi connectivity index (χ0) is 10.7. The Bertz CT molecular complexity index is 184. The fraction of sp³-hybridized carbons (Fsp3) is 1.00. The first-order valence-electron chi connectivity index (χ1n) is 6.33. The number of hydrogen-bond donors (Lipinski definition) is 0. The third-order valence-electron chi connectivity index (χ3n) is 3.92. The van der Waals surface area contributed by atoms with E-state index >= 15 is 0 Å². The smallest absolute Gasteiger partial charge is 0.0593 e. The van der Waals surface area contributed by atoms with Crippen LogP contribution in [0.3, 0.4) is 0 Å². The van der Waals surface area contributed by atoms with Crippen LogP contribution in [0.25, 0.3) is 0 Å². The summed E-state index contributed by atoms with van der Waals surface area (Å²) in [6.45, 7) is 7.44. The summed E-state index contributed by atoms with van der Waals surface area (Å²) in [5, 5.41) is 0. The van der Waals surface area contributed by atoms with Crippen molar-refractivity contribution < 1.29 is 4.74 Å². The van der Waals surface area contributed by atoms with Crippen molar-refractivity contribution in [2.75, 3.05) is 39.9 Å². The van der Waals surface area contributed by atoms with Gasteiger partial charge in [0.2, 0.25) is 0 Å². The summed E-state index contributed by atoms with van der Waals surface area (Å²) in [5.74, 6) is 0. The average molecular weight is 212 g/mol. The van der Waals surface area contributed by atoms with E-state index in [0.717, 1.165) is 31.8 Å². The molecular formula is C12H24N2O. The Kier molecular flexibility index (Phi) is 4.00. The third kappa shape index (κ3) is 2.71. The second-order valence-corrected chi connectivity index (χ2v) is 4.86. The van der Waals surface area contributed by atoms with Gasteiger partial charge in [-0.1, -0.05) is 6.42 Å². The van der Waals surface area contributed by atoms with E-state index in [1.807, 2.05) is 0 Å². The molecule has 3 heteroatoms. The van der Waals surface area contributed by atoms with E-state index in [0.29, 0.717) is 0 Å². The van der Waals surface area contributed by atoms with Gasteiger partial charge in [0.25, 0.3) is 0 Å². The van der Waals surface area contributed by atoms with Gasteiger partial charge in [-0.25, -0.2) is 0 Å². The van der Waals surface area contributed by atoms with Gasteiger partial charge < -0.3 is 4.74 Å². The lowest BCUT2D eigenvalue weighted by atomic mass is 9.92. The first kappa shape index (κ1) is 11.4. The SMILES string of the molecule is CCOCCN1CC2CCCC(C1)N2C. The van der Waals surface area contributed by atoms with Crippen LogP contribution in [-0.2, 0) is 4.74 Å². The molecule has 0 N–H and O–H groups in total. The number of piperidine rings is 1. The predicted molar refractivity (Wildman–Crippen MR) is 62.1 cm³/mol. The van der Waals surface area contributed by atoms with Gasteiger partial charge in [-0.3, -0.25) is 9.80 Å². The molecule has 0 amide bonds. The Morgan fingerprint density at radius 2 is 1.87 bits per heavy atom. The van der Waals surface area contributed by atoms with Crippen LogP contribution in [0.1, 0.15) is 26.2 Å². The van der Waals surface area contributed by atoms with E-state index in [1.54, 1.807) is 0 Å². The van der Waals surface area contributed by atoms with Crippen LogP contribution in [0, 0.1) is 0 Å². The molecule has 2 rings (SSSR count). The molecule has 0 spiro atoms. The molecule has 88 valence electrons. The van der Waals surface area contributed by atoms with Crippen LogP contribution in [0.15, 0.2) is 0 Å². The molecule has 2 unspecified atom stereocenters. The van der Waals surface area contributed by atoms with Crippen LogP contribution >= 0.6 is 0 Å². The van der Waals surface area contributed by atoms with Gasteiger partial charge in [0.1, 0.15) is 0 Å². The number of rotatable bonds is 4. The lowest BCUT2D eigenvalue weighted by Crippen LogP contribution is -2.59. The highest BCUT2D eigenvalue weighted by molar-refractivity contribution is 4.91. The maximum Gasteiger partial charge on any atom is 0.0593 e. The van der Waals surface area contributed by atoms with Gasteiger partial charge in [-0.05, 0) is 26.8 Å². The number of likely N-dealkylation sites (tertiary alicyclic amines) is 1. The van der Waals surface area contributed by atoms with Crippen LogP contribution in [-0.4, -0.2) is 61.8 Å². The molecule has 0 aliphatic carbocycles. The highest BCUT2D eigenvalue weighted by Gasteiger charge is 2.34. The number of piperazine rings is 1. The normalized spacial score (nSPS) is 33.2. The van der Waals surface area contributed by atoms with Crippen LogP contribution < -0.4 is 0 Å². The zero-order valence-electron chi connectivity index (χ0n) is 10.1.